The largest absolute Gasteiger partial charge is 0.496 e. The standard InChI is InChI=1S/C13H12Br3NOS/c1-6-3-10(18-2)7(4-9(6)14)12(17)8-5-11(15)19-13(8)16/h3-5,12H,17H2,1-2H3. The maximum absolute atomic E-state index is 6.38. The molecule has 1 aromatic heterocycles. The fourth-order valence-corrected chi connectivity index (χ4v) is 5.11. The summed E-state index contributed by atoms with van der Waals surface area (Å²) in [6.07, 6.45) is 0. The molecule has 1 unspecified atom stereocenters. The van der Waals surface area contributed by atoms with Gasteiger partial charge < -0.3 is 10.5 Å². The summed E-state index contributed by atoms with van der Waals surface area (Å²) >= 11 is 12.2. The van der Waals surface area contributed by atoms with Crippen molar-refractivity contribution < 1.29 is 4.74 Å². The molecule has 0 saturated heterocycles. The first-order valence-electron chi connectivity index (χ1n) is 5.48. The number of methoxy groups -OCH3 is 1. The molecule has 0 saturated carbocycles. The summed E-state index contributed by atoms with van der Waals surface area (Å²) < 4.78 is 8.56. The van der Waals surface area contributed by atoms with E-state index in [0.29, 0.717) is 0 Å². The lowest BCUT2D eigenvalue weighted by atomic mass is 10.00. The summed E-state index contributed by atoms with van der Waals surface area (Å²) in [5.41, 5.74) is 9.52. The van der Waals surface area contributed by atoms with Gasteiger partial charge in [-0.05, 0) is 68.1 Å². The van der Waals surface area contributed by atoms with Crippen LogP contribution < -0.4 is 10.5 Å². The van der Waals surface area contributed by atoms with Gasteiger partial charge in [0.05, 0.1) is 20.7 Å². The van der Waals surface area contributed by atoms with E-state index in [2.05, 4.69) is 47.8 Å². The molecule has 19 heavy (non-hydrogen) atoms. The number of benzene rings is 1. The molecule has 0 fully saturated rings. The molecule has 6 heteroatoms. The number of thiophene rings is 1. The molecule has 0 bridgehead atoms. The number of rotatable bonds is 3. The highest BCUT2D eigenvalue weighted by Crippen LogP contribution is 2.40. The van der Waals surface area contributed by atoms with Gasteiger partial charge in [-0.25, -0.2) is 0 Å². The molecule has 0 aliphatic rings. The Bertz CT molecular complexity index is 612. The lowest BCUT2D eigenvalue weighted by Gasteiger charge is -2.17. The van der Waals surface area contributed by atoms with Gasteiger partial charge in [0.1, 0.15) is 5.75 Å². The van der Waals surface area contributed by atoms with Crippen LogP contribution in [-0.2, 0) is 0 Å². The minimum atomic E-state index is -0.233. The van der Waals surface area contributed by atoms with E-state index in [1.807, 2.05) is 25.1 Å². The van der Waals surface area contributed by atoms with Crippen molar-refractivity contribution in [1.82, 2.24) is 0 Å². The third kappa shape index (κ3) is 3.24. The normalized spacial score (nSPS) is 12.5. The van der Waals surface area contributed by atoms with Crippen LogP contribution in [0.3, 0.4) is 0 Å². The molecule has 0 aliphatic carbocycles. The Morgan fingerprint density at radius 2 is 1.84 bits per heavy atom. The molecule has 1 aromatic carbocycles. The highest BCUT2D eigenvalue weighted by atomic mass is 79.9. The third-order valence-corrected chi connectivity index (χ3v) is 6.10. The van der Waals surface area contributed by atoms with Crippen LogP contribution in [0.5, 0.6) is 5.75 Å². The summed E-state index contributed by atoms with van der Waals surface area (Å²) in [5.74, 6) is 0.808. The molecule has 2 aromatic rings. The number of hydrogen-bond donors (Lipinski definition) is 1. The molecule has 2 rings (SSSR count). The zero-order valence-corrected chi connectivity index (χ0v) is 15.9. The molecular weight excluding hydrogens is 458 g/mol. The molecule has 0 radical (unpaired) electrons. The van der Waals surface area contributed by atoms with E-state index < -0.39 is 0 Å². The topological polar surface area (TPSA) is 35.2 Å². The van der Waals surface area contributed by atoms with Crippen molar-refractivity contribution in [2.75, 3.05) is 7.11 Å². The smallest absolute Gasteiger partial charge is 0.124 e. The van der Waals surface area contributed by atoms with Gasteiger partial charge in [0.25, 0.3) is 0 Å². The van der Waals surface area contributed by atoms with Gasteiger partial charge in [-0.3, -0.25) is 0 Å². The molecule has 1 atom stereocenters. The molecular formula is C13H12Br3NOS. The van der Waals surface area contributed by atoms with E-state index in [9.17, 15) is 0 Å². The van der Waals surface area contributed by atoms with Gasteiger partial charge in [-0.1, -0.05) is 15.9 Å². The van der Waals surface area contributed by atoms with Crippen molar-refractivity contribution in [1.29, 1.82) is 0 Å². The van der Waals surface area contributed by atoms with Crippen LogP contribution >= 0.6 is 59.1 Å². The van der Waals surface area contributed by atoms with E-state index in [4.69, 9.17) is 10.5 Å². The van der Waals surface area contributed by atoms with E-state index in [1.165, 1.54) is 0 Å². The molecule has 2 N–H and O–H groups in total. The highest BCUT2D eigenvalue weighted by Gasteiger charge is 2.19. The van der Waals surface area contributed by atoms with Crippen LogP contribution in [0, 0.1) is 6.92 Å². The zero-order valence-electron chi connectivity index (χ0n) is 10.3. The van der Waals surface area contributed by atoms with E-state index in [-0.39, 0.29) is 6.04 Å². The zero-order chi connectivity index (χ0) is 14.2. The third-order valence-electron chi connectivity index (χ3n) is 2.86. The fraction of sp³-hybridized carbons (Fsp3) is 0.231. The molecule has 0 amide bonds. The number of nitrogens with two attached hydrogens (primary N) is 1. The van der Waals surface area contributed by atoms with Gasteiger partial charge >= 0.3 is 0 Å². The Morgan fingerprint density at radius 1 is 1.16 bits per heavy atom. The molecule has 102 valence electrons. The Balaban J connectivity index is 2.52. The predicted molar refractivity (Wildman–Crippen MR) is 91.2 cm³/mol. The highest BCUT2D eigenvalue weighted by molar-refractivity contribution is 9.12. The minimum absolute atomic E-state index is 0.233. The Kier molecular flexibility index (Phi) is 5.11. The second-order valence-electron chi connectivity index (χ2n) is 4.10. The lowest BCUT2D eigenvalue weighted by Crippen LogP contribution is -2.13. The SMILES string of the molecule is COc1cc(C)c(Br)cc1C(N)c1cc(Br)sc1Br. The maximum atomic E-state index is 6.38. The van der Waals surface area contributed by atoms with E-state index >= 15 is 0 Å². The van der Waals surface area contributed by atoms with Crippen LogP contribution in [0.1, 0.15) is 22.7 Å². The summed E-state index contributed by atoms with van der Waals surface area (Å²) in [6.45, 7) is 2.03. The quantitative estimate of drug-likeness (QED) is 0.653. The van der Waals surface area contributed by atoms with Crippen LogP contribution in [0.2, 0.25) is 0 Å². The Labute approximate surface area is 141 Å². The summed E-state index contributed by atoms with van der Waals surface area (Å²) in [4.78, 5) is 0. The summed E-state index contributed by atoms with van der Waals surface area (Å²) in [6, 6.07) is 5.82. The number of aryl methyl sites for hydroxylation is 1. The van der Waals surface area contributed by atoms with Crippen molar-refractivity contribution in [2.24, 2.45) is 5.73 Å². The molecule has 0 aliphatic heterocycles. The second-order valence-corrected chi connectivity index (χ2v) is 8.70. The van der Waals surface area contributed by atoms with Crippen LogP contribution in [0.25, 0.3) is 0 Å². The monoisotopic (exact) mass is 467 g/mol. The van der Waals surface area contributed by atoms with Gasteiger partial charge in [0, 0.05) is 10.0 Å². The van der Waals surface area contributed by atoms with Crippen molar-refractivity contribution in [3.8, 4) is 5.75 Å². The number of hydrogen-bond acceptors (Lipinski definition) is 3. The van der Waals surface area contributed by atoms with Crippen LogP contribution in [0.4, 0.5) is 0 Å². The second kappa shape index (κ2) is 6.26. The van der Waals surface area contributed by atoms with Gasteiger partial charge in [0.15, 0.2) is 0 Å². The summed E-state index contributed by atoms with van der Waals surface area (Å²) in [7, 11) is 1.66. The molecule has 2 nitrogen and oxygen atoms in total. The first-order valence-corrected chi connectivity index (χ1v) is 8.68. The Hall–Kier alpha value is 0.120. The van der Waals surface area contributed by atoms with Gasteiger partial charge in [0.2, 0.25) is 0 Å². The Morgan fingerprint density at radius 3 is 2.37 bits per heavy atom. The fourth-order valence-electron chi connectivity index (χ4n) is 1.82. The van der Waals surface area contributed by atoms with E-state index in [0.717, 1.165) is 34.5 Å². The van der Waals surface area contributed by atoms with E-state index in [1.54, 1.807) is 18.4 Å². The summed E-state index contributed by atoms with van der Waals surface area (Å²) in [5, 5.41) is 0. The van der Waals surface area contributed by atoms with Crippen molar-refractivity contribution in [3.05, 3.63) is 46.9 Å². The van der Waals surface area contributed by atoms with Crippen molar-refractivity contribution >= 4 is 59.1 Å². The first-order chi connectivity index (χ1) is 8.93. The average Bonchev–Trinajstić information content (AvgIpc) is 2.70. The van der Waals surface area contributed by atoms with Gasteiger partial charge in [-0.2, -0.15) is 0 Å². The molecule has 1 heterocycles. The predicted octanol–water partition coefficient (Wildman–Crippen LogP) is 5.40. The van der Waals surface area contributed by atoms with Crippen molar-refractivity contribution in [3.63, 3.8) is 0 Å². The van der Waals surface area contributed by atoms with Crippen molar-refractivity contribution in [2.45, 2.75) is 13.0 Å². The lowest BCUT2D eigenvalue weighted by molar-refractivity contribution is 0.407. The van der Waals surface area contributed by atoms with Crippen LogP contribution in [-0.4, -0.2) is 7.11 Å². The number of ether oxygens (including phenoxy) is 1. The van der Waals surface area contributed by atoms with Gasteiger partial charge in [-0.15, -0.1) is 11.3 Å². The molecule has 0 spiro atoms. The maximum Gasteiger partial charge on any atom is 0.124 e. The number of halogens is 3. The first kappa shape index (κ1) is 15.5. The average molecular weight is 470 g/mol. The van der Waals surface area contributed by atoms with Crippen LogP contribution in [0.15, 0.2) is 30.2 Å². The minimum Gasteiger partial charge on any atom is -0.496 e.